The smallest absolute Gasteiger partial charge is 0.344 e. The van der Waals surface area contributed by atoms with E-state index in [0.29, 0.717) is 11.1 Å². The highest BCUT2D eigenvalue weighted by molar-refractivity contribution is 5.76. The highest BCUT2D eigenvalue weighted by Crippen LogP contribution is 2.38. The SMILES string of the molecule is Cc1c(F)cc(-c2cccc(F)c2)cc1N(C)c1c(F)ccc(OCC(=O)OC(C)C)c1F. The molecule has 0 saturated carbocycles. The second kappa shape index (κ2) is 9.94. The second-order valence-electron chi connectivity index (χ2n) is 7.71. The van der Waals surface area contributed by atoms with Gasteiger partial charge in [-0.25, -0.2) is 22.4 Å². The maximum absolute atomic E-state index is 15.2. The van der Waals surface area contributed by atoms with E-state index in [4.69, 9.17) is 9.47 Å². The first kappa shape index (κ1) is 24.1. The normalized spacial score (nSPS) is 10.9. The van der Waals surface area contributed by atoms with Crippen LogP contribution >= 0.6 is 0 Å². The minimum Gasteiger partial charge on any atom is -0.479 e. The van der Waals surface area contributed by atoms with Gasteiger partial charge in [0.1, 0.15) is 23.1 Å². The Morgan fingerprint density at radius 3 is 2.36 bits per heavy atom. The Morgan fingerprint density at radius 1 is 0.970 bits per heavy atom. The van der Waals surface area contributed by atoms with Gasteiger partial charge in [-0.15, -0.1) is 0 Å². The number of ether oxygens (including phenoxy) is 2. The molecule has 8 heteroatoms. The number of anilines is 2. The lowest BCUT2D eigenvalue weighted by Crippen LogP contribution is -2.20. The Balaban J connectivity index is 1.99. The summed E-state index contributed by atoms with van der Waals surface area (Å²) in [6.07, 6.45) is -0.371. The lowest BCUT2D eigenvalue weighted by Gasteiger charge is -2.24. The molecule has 33 heavy (non-hydrogen) atoms. The van der Waals surface area contributed by atoms with E-state index in [1.165, 1.54) is 44.3 Å². The molecule has 174 valence electrons. The van der Waals surface area contributed by atoms with Gasteiger partial charge in [0.2, 0.25) is 0 Å². The van der Waals surface area contributed by atoms with Crippen molar-refractivity contribution in [2.24, 2.45) is 0 Å². The molecule has 3 rings (SSSR count). The van der Waals surface area contributed by atoms with Crippen LogP contribution < -0.4 is 9.64 Å². The van der Waals surface area contributed by atoms with Gasteiger partial charge >= 0.3 is 5.97 Å². The third kappa shape index (κ3) is 5.45. The first-order valence-electron chi connectivity index (χ1n) is 10.2. The van der Waals surface area contributed by atoms with Crippen molar-refractivity contribution in [3.63, 3.8) is 0 Å². The van der Waals surface area contributed by atoms with Gasteiger partial charge in [-0.3, -0.25) is 0 Å². The molecular formula is C25H23F4NO3. The molecule has 0 spiro atoms. The molecule has 3 aromatic rings. The number of hydrogen-bond donors (Lipinski definition) is 0. The summed E-state index contributed by atoms with van der Waals surface area (Å²) in [6.45, 7) is 4.22. The fourth-order valence-corrected chi connectivity index (χ4v) is 3.34. The molecule has 4 nitrogen and oxygen atoms in total. The highest BCUT2D eigenvalue weighted by Gasteiger charge is 2.23. The van der Waals surface area contributed by atoms with Crippen LogP contribution in [-0.2, 0) is 9.53 Å². The number of carbonyl (C=O) groups excluding carboxylic acids is 1. The van der Waals surface area contributed by atoms with Crippen molar-refractivity contribution in [3.8, 4) is 16.9 Å². The van der Waals surface area contributed by atoms with Crippen molar-refractivity contribution >= 4 is 17.3 Å². The van der Waals surface area contributed by atoms with Gasteiger partial charge in [0.15, 0.2) is 18.2 Å². The van der Waals surface area contributed by atoms with Crippen LogP contribution in [0, 0.1) is 30.2 Å². The first-order valence-corrected chi connectivity index (χ1v) is 10.2. The van der Waals surface area contributed by atoms with Gasteiger partial charge in [-0.1, -0.05) is 12.1 Å². The zero-order valence-electron chi connectivity index (χ0n) is 18.6. The summed E-state index contributed by atoms with van der Waals surface area (Å²) in [4.78, 5) is 12.8. The van der Waals surface area contributed by atoms with Gasteiger partial charge < -0.3 is 14.4 Å². The molecule has 0 aliphatic carbocycles. The van der Waals surface area contributed by atoms with E-state index in [9.17, 15) is 18.0 Å². The molecule has 0 aliphatic rings. The summed E-state index contributed by atoms with van der Waals surface area (Å²) < 4.78 is 68.3. The molecule has 0 aliphatic heterocycles. The number of nitrogens with zero attached hydrogens (tertiary/aromatic N) is 1. The van der Waals surface area contributed by atoms with Crippen molar-refractivity contribution in [2.75, 3.05) is 18.6 Å². The Labute approximate surface area is 189 Å². The zero-order chi connectivity index (χ0) is 24.3. The standard InChI is InChI=1S/C25H23F4NO3/c1-14(2)33-23(31)13-32-22-9-8-19(27)25(24(22)29)30(4)21-12-17(11-20(28)15(21)3)16-6-5-7-18(26)10-16/h5-12,14H,13H2,1-4H3. The monoisotopic (exact) mass is 461 g/mol. The zero-order valence-corrected chi connectivity index (χ0v) is 18.6. The number of rotatable bonds is 7. The number of carbonyl (C=O) groups is 1. The molecule has 3 aromatic carbocycles. The third-order valence-corrected chi connectivity index (χ3v) is 4.92. The van der Waals surface area contributed by atoms with Crippen molar-refractivity contribution in [3.05, 3.63) is 77.4 Å². The number of hydrogen-bond acceptors (Lipinski definition) is 4. The van der Waals surface area contributed by atoms with Gasteiger partial charge in [0, 0.05) is 18.3 Å². The molecule has 0 radical (unpaired) electrons. The maximum Gasteiger partial charge on any atom is 0.344 e. The Kier molecular flexibility index (Phi) is 7.26. The Morgan fingerprint density at radius 2 is 1.70 bits per heavy atom. The van der Waals surface area contributed by atoms with E-state index in [-0.39, 0.29) is 23.1 Å². The van der Waals surface area contributed by atoms with Crippen molar-refractivity contribution in [1.29, 1.82) is 0 Å². The highest BCUT2D eigenvalue weighted by atomic mass is 19.1. The molecule has 0 unspecified atom stereocenters. The minimum atomic E-state index is -1.06. The largest absolute Gasteiger partial charge is 0.479 e. The van der Waals surface area contributed by atoms with Gasteiger partial charge in [-0.05, 0) is 68.3 Å². The van der Waals surface area contributed by atoms with Crippen molar-refractivity contribution in [2.45, 2.75) is 26.9 Å². The van der Waals surface area contributed by atoms with E-state index in [0.717, 1.165) is 17.0 Å². The number of esters is 1. The predicted molar refractivity (Wildman–Crippen MR) is 118 cm³/mol. The molecule has 0 bridgehead atoms. The minimum absolute atomic E-state index is 0.142. The van der Waals surface area contributed by atoms with E-state index in [1.807, 2.05) is 0 Å². The van der Waals surface area contributed by atoms with Crippen LogP contribution in [0.15, 0.2) is 48.5 Å². The van der Waals surface area contributed by atoms with Crippen LogP contribution in [0.1, 0.15) is 19.4 Å². The van der Waals surface area contributed by atoms with Gasteiger partial charge in [-0.2, -0.15) is 0 Å². The molecule has 0 fully saturated rings. The number of benzene rings is 3. The summed E-state index contributed by atoms with van der Waals surface area (Å²) >= 11 is 0. The van der Waals surface area contributed by atoms with Gasteiger partial charge in [0.05, 0.1) is 6.10 Å². The maximum atomic E-state index is 15.2. The summed E-state index contributed by atoms with van der Waals surface area (Å²) in [5.41, 5.74) is 0.560. The molecule has 0 heterocycles. The summed E-state index contributed by atoms with van der Waals surface area (Å²) in [7, 11) is 1.37. The lowest BCUT2D eigenvalue weighted by molar-refractivity contribution is -0.149. The molecule has 0 atom stereocenters. The third-order valence-electron chi connectivity index (χ3n) is 4.92. The van der Waals surface area contributed by atoms with Crippen LogP contribution in [0.5, 0.6) is 5.75 Å². The second-order valence-corrected chi connectivity index (χ2v) is 7.71. The Bertz CT molecular complexity index is 1180. The van der Waals surface area contributed by atoms with Gasteiger partial charge in [0.25, 0.3) is 0 Å². The molecule has 0 N–H and O–H groups in total. The average Bonchev–Trinajstić information content (AvgIpc) is 2.74. The summed E-state index contributed by atoms with van der Waals surface area (Å²) in [5.74, 6) is -4.17. The Hall–Kier alpha value is -3.55. The topological polar surface area (TPSA) is 38.8 Å². The fraction of sp³-hybridized carbons (Fsp3) is 0.240. The molecule has 0 amide bonds. The summed E-state index contributed by atoms with van der Waals surface area (Å²) in [6, 6.07) is 10.4. The van der Waals surface area contributed by atoms with Crippen molar-refractivity contribution < 1.29 is 31.8 Å². The lowest BCUT2D eigenvalue weighted by atomic mass is 10.0. The van der Waals surface area contributed by atoms with E-state index >= 15 is 4.39 Å². The predicted octanol–water partition coefficient (Wildman–Crippen LogP) is 6.32. The molecule has 0 saturated heterocycles. The number of halogens is 4. The molecular weight excluding hydrogens is 438 g/mol. The quantitative estimate of drug-likeness (QED) is 0.305. The van der Waals surface area contributed by atoms with E-state index in [1.54, 1.807) is 19.9 Å². The van der Waals surface area contributed by atoms with Crippen molar-refractivity contribution in [1.82, 2.24) is 0 Å². The van der Waals surface area contributed by atoms with E-state index in [2.05, 4.69) is 0 Å². The average molecular weight is 461 g/mol. The van der Waals surface area contributed by atoms with Crippen LogP contribution in [0.2, 0.25) is 0 Å². The molecule has 0 aromatic heterocycles. The summed E-state index contributed by atoms with van der Waals surface area (Å²) in [5, 5.41) is 0. The van der Waals surface area contributed by atoms with E-state index < -0.39 is 41.5 Å². The van der Waals surface area contributed by atoms with Crippen LogP contribution in [0.4, 0.5) is 28.9 Å². The van der Waals surface area contributed by atoms with Crippen LogP contribution in [0.25, 0.3) is 11.1 Å². The fourth-order valence-electron chi connectivity index (χ4n) is 3.34. The van der Waals surface area contributed by atoms with Crippen LogP contribution in [0.3, 0.4) is 0 Å². The first-order chi connectivity index (χ1) is 15.6. The van der Waals surface area contributed by atoms with Crippen LogP contribution in [-0.4, -0.2) is 25.7 Å².